The Kier molecular flexibility index (Phi) is 7.21. The minimum Gasteiger partial charge on any atom is -0.350 e. The van der Waals surface area contributed by atoms with Gasteiger partial charge < -0.3 is 10.2 Å². The molecule has 2 amide bonds. The van der Waals surface area contributed by atoms with E-state index >= 15 is 0 Å². The third-order valence-electron chi connectivity index (χ3n) is 5.86. The molecule has 1 N–H and O–H groups in total. The Balaban J connectivity index is 1.72. The van der Waals surface area contributed by atoms with Crippen LogP contribution in [0.1, 0.15) is 57.9 Å². The van der Waals surface area contributed by atoms with Crippen molar-refractivity contribution in [3.05, 3.63) is 65.0 Å². The maximum atomic E-state index is 12.9. The van der Waals surface area contributed by atoms with E-state index in [4.69, 9.17) is 0 Å². The third kappa shape index (κ3) is 5.25. The molecule has 0 bridgehead atoms. The number of pyridine rings is 1. The van der Waals surface area contributed by atoms with Gasteiger partial charge in [-0.15, -0.1) is 0 Å². The summed E-state index contributed by atoms with van der Waals surface area (Å²) in [6, 6.07) is 13.8. The molecule has 1 aromatic heterocycles. The number of amides is 2. The van der Waals surface area contributed by atoms with E-state index in [9.17, 15) is 9.59 Å². The lowest BCUT2D eigenvalue weighted by molar-refractivity contribution is 0.0820. The van der Waals surface area contributed by atoms with Gasteiger partial charge in [0.15, 0.2) is 0 Å². The number of hydrogen-bond acceptors (Lipinski definition) is 4. The highest BCUT2D eigenvalue weighted by Crippen LogP contribution is 2.26. The van der Waals surface area contributed by atoms with Crippen LogP contribution in [-0.2, 0) is 0 Å². The summed E-state index contributed by atoms with van der Waals surface area (Å²) in [6.45, 7) is 6.69. The number of rotatable bonds is 6. The highest BCUT2D eigenvalue weighted by Gasteiger charge is 2.25. The van der Waals surface area contributed by atoms with Crippen molar-refractivity contribution in [3.63, 3.8) is 0 Å². The molecule has 1 aromatic carbocycles. The summed E-state index contributed by atoms with van der Waals surface area (Å²) in [5.74, 6) is 0.424. The molecule has 0 aliphatic carbocycles. The van der Waals surface area contributed by atoms with Crippen molar-refractivity contribution in [1.82, 2.24) is 20.1 Å². The predicted octanol–water partition coefficient (Wildman–Crippen LogP) is 3.29. The number of nitrogens with zero attached hydrogens (tertiary/aromatic N) is 3. The molecule has 30 heavy (non-hydrogen) atoms. The van der Waals surface area contributed by atoms with Crippen LogP contribution in [0.5, 0.6) is 0 Å². The molecular formula is C24H32N4O2. The molecule has 0 spiro atoms. The lowest BCUT2D eigenvalue weighted by Gasteiger charge is -2.37. The summed E-state index contributed by atoms with van der Waals surface area (Å²) in [5.41, 5.74) is 2.63. The lowest BCUT2D eigenvalue weighted by Crippen LogP contribution is -2.42. The molecule has 6 heteroatoms. The minimum atomic E-state index is -0.173. The zero-order valence-electron chi connectivity index (χ0n) is 18.4. The average molecular weight is 409 g/mol. The van der Waals surface area contributed by atoms with Crippen LogP contribution in [-0.4, -0.2) is 60.3 Å². The molecule has 2 aromatic rings. The van der Waals surface area contributed by atoms with E-state index in [1.54, 1.807) is 33.2 Å². The van der Waals surface area contributed by atoms with Gasteiger partial charge in [0.05, 0.1) is 17.3 Å². The van der Waals surface area contributed by atoms with Gasteiger partial charge in [-0.3, -0.25) is 14.5 Å². The third-order valence-corrected chi connectivity index (χ3v) is 5.86. The summed E-state index contributed by atoms with van der Waals surface area (Å²) in [7, 11) is 3.37. The summed E-state index contributed by atoms with van der Waals surface area (Å²) in [6.07, 6.45) is 2.36. The number of piperidine rings is 1. The van der Waals surface area contributed by atoms with Gasteiger partial charge in [-0.05, 0) is 56.5 Å². The summed E-state index contributed by atoms with van der Waals surface area (Å²) >= 11 is 0. The quantitative estimate of drug-likeness (QED) is 0.797. The smallest absolute Gasteiger partial charge is 0.271 e. The highest BCUT2D eigenvalue weighted by atomic mass is 16.2. The van der Waals surface area contributed by atoms with Crippen molar-refractivity contribution in [2.24, 2.45) is 5.92 Å². The molecule has 0 saturated carbocycles. The Morgan fingerprint density at radius 1 is 1.13 bits per heavy atom. The van der Waals surface area contributed by atoms with Gasteiger partial charge in [0.25, 0.3) is 11.8 Å². The van der Waals surface area contributed by atoms with E-state index in [1.165, 1.54) is 23.3 Å². The van der Waals surface area contributed by atoms with E-state index in [2.05, 4.69) is 34.3 Å². The van der Waals surface area contributed by atoms with E-state index in [0.717, 1.165) is 19.0 Å². The van der Waals surface area contributed by atoms with E-state index in [0.29, 0.717) is 23.5 Å². The Hall–Kier alpha value is -2.73. The molecule has 6 nitrogen and oxygen atoms in total. The summed E-state index contributed by atoms with van der Waals surface area (Å²) in [5, 5.41) is 3.10. The number of carbonyl (C=O) groups is 2. The first-order chi connectivity index (χ1) is 14.4. The van der Waals surface area contributed by atoms with Crippen molar-refractivity contribution < 1.29 is 9.59 Å². The molecule has 1 aliphatic heterocycles. The van der Waals surface area contributed by atoms with Crippen LogP contribution >= 0.6 is 0 Å². The van der Waals surface area contributed by atoms with Gasteiger partial charge in [0.2, 0.25) is 0 Å². The number of likely N-dealkylation sites (tertiary alicyclic amines) is 1. The van der Waals surface area contributed by atoms with Crippen LogP contribution in [0.25, 0.3) is 0 Å². The summed E-state index contributed by atoms with van der Waals surface area (Å²) in [4.78, 5) is 33.3. The normalized spacial score (nSPS) is 16.1. The fourth-order valence-electron chi connectivity index (χ4n) is 3.91. The number of benzene rings is 1. The molecule has 1 unspecified atom stereocenters. The van der Waals surface area contributed by atoms with Gasteiger partial charge in [0.1, 0.15) is 5.69 Å². The van der Waals surface area contributed by atoms with Crippen LogP contribution in [0.4, 0.5) is 0 Å². The van der Waals surface area contributed by atoms with Gasteiger partial charge in [0, 0.05) is 20.6 Å². The number of carbonyl (C=O) groups excluding carboxylic acids is 2. The molecule has 1 atom stereocenters. The molecule has 160 valence electrons. The maximum Gasteiger partial charge on any atom is 0.271 e. The van der Waals surface area contributed by atoms with Crippen LogP contribution in [0.2, 0.25) is 0 Å². The molecule has 1 saturated heterocycles. The van der Waals surface area contributed by atoms with E-state index < -0.39 is 0 Å². The van der Waals surface area contributed by atoms with Gasteiger partial charge >= 0.3 is 0 Å². The van der Waals surface area contributed by atoms with Gasteiger partial charge in [-0.25, -0.2) is 4.98 Å². The Morgan fingerprint density at radius 2 is 1.80 bits per heavy atom. The summed E-state index contributed by atoms with van der Waals surface area (Å²) < 4.78 is 0. The Labute approximate surface area is 179 Å². The second-order valence-electron chi connectivity index (χ2n) is 8.38. The van der Waals surface area contributed by atoms with Gasteiger partial charge in [-0.1, -0.05) is 37.3 Å². The number of hydrogen-bond donors (Lipinski definition) is 1. The lowest BCUT2D eigenvalue weighted by atomic mass is 9.95. The van der Waals surface area contributed by atoms with Crippen LogP contribution in [0.3, 0.4) is 0 Å². The van der Waals surface area contributed by atoms with Crippen molar-refractivity contribution >= 4 is 11.8 Å². The maximum absolute atomic E-state index is 12.9. The van der Waals surface area contributed by atoms with E-state index in [-0.39, 0.29) is 17.9 Å². The van der Waals surface area contributed by atoms with Crippen LogP contribution < -0.4 is 5.32 Å². The highest BCUT2D eigenvalue weighted by molar-refractivity contribution is 5.97. The first kappa shape index (κ1) is 22.0. The monoisotopic (exact) mass is 408 g/mol. The van der Waals surface area contributed by atoms with Crippen molar-refractivity contribution in [3.8, 4) is 0 Å². The van der Waals surface area contributed by atoms with Crippen molar-refractivity contribution in [2.45, 2.75) is 32.7 Å². The predicted molar refractivity (Wildman–Crippen MR) is 118 cm³/mol. The fraction of sp³-hybridized carbons (Fsp3) is 0.458. The van der Waals surface area contributed by atoms with Gasteiger partial charge in [-0.2, -0.15) is 0 Å². The minimum absolute atomic E-state index is 0.144. The molecule has 1 fully saturated rings. The topological polar surface area (TPSA) is 65.5 Å². The largest absolute Gasteiger partial charge is 0.350 e. The molecule has 0 radical (unpaired) electrons. The number of aryl methyl sites for hydroxylation is 1. The van der Waals surface area contributed by atoms with Crippen LogP contribution in [0.15, 0.2) is 42.5 Å². The number of aromatic nitrogens is 1. The average Bonchev–Trinajstić information content (AvgIpc) is 2.75. The van der Waals surface area contributed by atoms with Crippen molar-refractivity contribution in [2.75, 3.05) is 33.7 Å². The molecular weight excluding hydrogens is 376 g/mol. The van der Waals surface area contributed by atoms with E-state index in [1.807, 2.05) is 18.2 Å². The second kappa shape index (κ2) is 9.85. The SMILES string of the molecule is Cc1nc(C(=O)N(C)C)ccc1C(=O)NCC(c1ccccc1)N1CCC(C)CC1. The Morgan fingerprint density at radius 3 is 2.40 bits per heavy atom. The second-order valence-corrected chi connectivity index (χ2v) is 8.38. The molecule has 3 rings (SSSR count). The number of nitrogens with one attached hydrogen (secondary N) is 1. The standard InChI is InChI=1S/C24H32N4O2/c1-17-12-14-28(15-13-17)22(19-8-6-5-7-9-19)16-25-23(29)20-10-11-21(26-18(20)2)24(30)27(3)4/h5-11,17,22H,12-16H2,1-4H3,(H,25,29). The van der Waals surface area contributed by atoms with Crippen molar-refractivity contribution in [1.29, 1.82) is 0 Å². The molecule has 1 aliphatic rings. The zero-order valence-corrected chi connectivity index (χ0v) is 18.4. The first-order valence-electron chi connectivity index (χ1n) is 10.6. The molecule has 2 heterocycles. The Bertz CT molecular complexity index is 874. The first-order valence-corrected chi connectivity index (χ1v) is 10.6. The fourth-order valence-corrected chi connectivity index (χ4v) is 3.91. The van der Waals surface area contributed by atoms with Crippen LogP contribution in [0, 0.1) is 12.8 Å². The zero-order chi connectivity index (χ0) is 21.7.